The van der Waals surface area contributed by atoms with Crippen LogP contribution in [0.15, 0.2) is 54.6 Å². The molecule has 2 aromatic carbocycles. The van der Waals surface area contributed by atoms with Gasteiger partial charge in [0.1, 0.15) is 11.9 Å². The molecule has 3 atom stereocenters. The Balaban J connectivity index is 1.27. The van der Waals surface area contributed by atoms with Crippen molar-refractivity contribution in [2.45, 2.75) is 24.7 Å². The average molecular weight is 452 g/mol. The van der Waals surface area contributed by atoms with Gasteiger partial charge in [-0.1, -0.05) is 48.0 Å². The Kier molecular flexibility index (Phi) is 4.82. The molecule has 0 saturated carbocycles. The van der Waals surface area contributed by atoms with Crippen LogP contribution in [0.1, 0.15) is 6.42 Å². The third-order valence-corrected chi connectivity index (χ3v) is 6.19. The van der Waals surface area contributed by atoms with E-state index < -0.39 is 0 Å². The van der Waals surface area contributed by atoms with E-state index in [2.05, 4.69) is 15.0 Å². The molecule has 0 unspecified atom stereocenters. The lowest BCUT2D eigenvalue weighted by molar-refractivity contribution is 0.0273. The number of nitrogens with zero attached hydrogens (tertiary/aromatic N) is 2. The van der Waals surface area contributed by atoms with E-state index >= 15 is 0 Å². The molecule has 2 aliphatic rings. The molecule has 0 aliphatic carbocycles. The zero-order chi connectivity index (χ0) is 21.7. The first-order valence-electron chi connectivity index (χ1n) is 10.5. The maximum atomic E-state index is 13.5. The average Bonchev–Trinajstić information content (AvgIpc) is 3.50. The van der Waals surface area contributed by atoms with Gasteiger partial charge in [-0.25, -0.2) is 9.37 Å². The lowest BCUT2D eigenvalue weighted by Crippen LogP contribution is -2.32. The molecular formula is C24H19ClFN3O3. The van der Waals surface area contributed by atoms with Crippen LogP contribution >= 0.6 is 11.6 Å². The summed E-state index contributed by atoms with van der Waals surface area (Å²) in [6.07, 6.45) is 0.725. The number of nitrogens with one attached hydrogen (secondary N) is 1. The minimum atomic E-state index is -0.266. The molecule has 4 heterocycles. The highest BCUT2D eigenvalue weighted by molar-refractivity contribution is 6.33. The monoisotopic (exact) mass is 451 g/mol. The van der Waals surface area contributed by atoms with Crippen molar-refractivity contribution in [1.82, 2.24) is 15.0 Å². The van der Waals surface area contributed by atoms with E-state index in [9.17, 15) is 4.39 Å². The summed E-state index contributed by atoms with van der Waals surface area (Å²) in [4.78, 5) is 12.3. The van der Waals surface area contributed by atoms with Gasteiger partial charge in [-0.15, -0.1) is 0 Å². The summed E-state index contributed by atoms with van der Waals surface area (Å²) in [5.41, 5.74) is 4.38. The smallest absolute Gasteiger partial charge is 0.296 e. The maximum Gasteiger partial charge on any atom is 0.296 e. The SMILES string of the molecule is Fc1cccc(-c2ccc(-c3nc4nc(O[C@@H]5CO[C@@H]6CCO[C@@H]65)[nH]c4cc3Cl)cc2)c1. The number of aromatic nitrogens is 3. The minimum absolute atomic E-state index is 0.0630. The van der Waals surface area contributed by atoms with Crippen LogP contribution in [0.2, 0.25) is 5.02 Å². The van der Waals surface area contributed by atoms with Crippen molar-refractivity contribution in [1.29, 1.82) is 0 Å². The van der Waals surface area contributed by atoms with Gasteiger partial charge in [0.05, 0.1) is 28.9 Å². The number of imidazole rings is 1. The van der Waals surface area contributed by atoms with Gasteiger partial charge in [-0.2, -0.15) is 4.98 Å². The van der Waals surface area contributed by atoms with Crippen molar-refractivity contribution < 1.29 is 18.6 Å². The number of fused-ring (bicyclic) bond motifs is 2. The second-order valence-electron chi connectivity index (χ2n) is 7.97. The van der Waals surface area contributed by atoms with Gasteiger partial charge in [0, 0.05) is 12.2 Å². The molecule has 32 heavy (non-hydrogen) atoms. The van der Waals surface area contributed by atoms with Crippen molar-refractivity contribution in [3.8, 4) is 28.4 Å². The van der Waals surface area contributed by atoms with Crippen LogP contribution < -0.4 is 4.74 Å². The molecule has 6 rings (SSSR count). The molecule has 162 valence electrons. The largest absolute Gasteiger partial charge is 0.456 e. The topological polar surface area (TPSA) is 69.3 Å². The van der Waals surface area contributed by atoms with Gasteiger partial charge in [0.2, 0.25) is 0 Å². The number of aromatic amines is 1. The van der Waals surface area contributed by atoms with Crippen LogP contribution in [-0.4, -0.2) is 46.5 Å². The second-order valence-corrected chi connectivity index (χ2v) is 8.38. The van der Waals surface area contributed by atoms with Crippen LogP contribution in [0.5, 0.6) is 6.01 Å². The van der Waals surface area contributed by atoms with Gasteiger partial charge in [-0.05, 0) is 35.7 Å². The van der Waals surface area contributed by atoms with Crippen LogP contribution in [0, 0.1) is 5.82 Å². The number of halogens is 2. The fraction of sp³-hybridized carbons (Fsp3) is 0.250. The van der Waals surface area contributed by atoms with E-state index in [1.54, 1.807) is 12.1 Å². The van der Waals surface area contributed by atoms with Crippen molar-refractivity contribution in [2.24, 2.45) is 0 Å². The molecule has 0 amide bonds. The third-order valence-electron chi connectivity index (χ3n) is 5.90. The summed E-state index contributed by atoms with van der Waals surface area (Å²) in [6, 6.07) is 16.3. The number of hydrogen-bond acceptors (Lipinski definition) is 5. The first-order chi connectivity index (χ1) is 15.6. The Morgan fingerprint density at radius 2 is 1.84 bits per heavy atom. The van der Waals surface area contributed by atoms with Crippen LogP contribution in [-0.2, 0) is 9.47 Å². The zero-order valence-electron chi connectivity index (χ0n) is 16.9. The Morgan fingerprint density at radius 1 is 1.00 bits per heavy atom. The Bertz CT molecular complexity index is 1290. The summed E-state index contributed by atoms with van der Waals surface area (Å²) >= 11 is 6.53. The van der Waals surface area contributed by atoms with Gasteiger partial charge >= 0.3 is 0 Å². The summed E-state index contributed by atoms with van der Waals surface area (Å²) in [7, 11) is 0. The number of hydrogen-bond donors (Lipinski definition) is 1. The predicted octanol–water partition coefficient (Wildman–Crippen LogP) is 5.02. The van der Waals surface area contributed by atoms with Gasteiger partial charge in [0.25, 0.3) is 6.01 Å². The summed E-state index contributed by atoms with van der Waals surface area (Å²) in [5, 5.41) is 0.495. The highest BCUT2D eigenvalue weighted by atomic mass is 35.5. The van der Waals surface area contributed by atoms with Gasteiger partial charge in [-0.3, -0.25) is 0 Å². The third kappa shape index (κ3) is 3.52. The van der Waals surface area contributed by atoms with Crippen molar-refractivity contribution >= 4 is 22.8 Å². The van der Waals surface area contributed by atoms with E-state index in [-0.39, 0.29) is 24.1 Å². The Labute approximate surface area is 188 Å². The van der Waals surface area contributed by atoms with Gasteiger partial charge < -0.3 is 19.2 Å². The molecule has 2 fully saturated rings. The first kappa shape index (κ1) is 19.7. The fourth-order valence-electron chi connectivity index (χ4n) is 4.32. The Morgan fingerprint density at radius 3 is 2.69 bits per heavy atom. The lowest BCUT2D eigenvalue weighted by atomic mass is 10.0. The highest BCUT2D eigenvalue weighted by Gasteiger charge is 2.43. The minimum Gasteiger partial charge on any atom is -0.456 e. The normalized spacial score (nSPS) is 22.4. The van der Waals surface area contributed by atoms with Crippen LogP contribution in [0.3, 0.4) is 0 Å². The quantitative estimate of drug-likeness (QED) is 0.472. The summed E-state index contributed by atoms with van der Waals surface area (Å²) in [6.45, 7) is 1.16. The van der Waals surface area contributed by atoms with Crippen LogP contribution in [0.25, 0.3) is 33.5 Å². The standard InChI is InChI=1S/C24H19ClFN3O3/c25-17-11-18-23(29-24(27-18)32-20-12-31-19-8-9-30-22(19)20)28-21(17)14-6-4-13(5-7-14)15-2-1-3-16(26)10-15/h1-7,10-11,19-20,22H,8-9,12H2,(H,27,28,29)/t19-,20-,22+/m1/s1. The van der Waals surface area contributed by atoms with Gasteiger partial charge in [0.15, 0.2) is 11.8 Å². The van der Waals surface area contributed by atoms with Crippen molar-refractivity contribution in [2.75, 3.05) is 13.2 Å². The number of benzene rings is 2. The number of ether oxygens (including phenoxy) is 3. The fourth-order valence-corrected chi connectivity index (χ4v) is 4.58. The second kappa shape index (κ2) is 7.85. The summed E-state index contributed by atoms with van der Waals surface area (Å²) in [5.74, 6) is -0.266. The van der Waals surface area contributed by atoms with E-state index in [1.807, 2.05) is 30.3 Å². The molecule has 2 saturated heterocycles. The van der Waals surface area contributed by atoms with Crippen LogP contribution in [0.4, 0.5) is 4.39 Å². The molecule has 2 aliphatic heterocycles. The molecule has 8 heteroatoms. The first-order valence-corrected chi connectivity index (χ1v) is 10.8. The van der Waals surface area contributed by atoms with Crippen molar-refractivity contribution in [3.05, 3.63) is 65.4 Å². The molecule has 0 spiro atoms. The molecule has 4 aromatic rings. The van der Waals surface area contributed by atoms with Crippen molar-refractivity contribution in [3.63, 3.8) is 0 Å². The molecule has 2 aromatic heterocycles. The lowest BCUT2D eigenvalue weighted by Gasteiger charge is -2.15. The number of rotatable bonds is 4. The summed E-state index contributed by atoms with van der Waals surface area (Å²) < 4.78 is 31.0. The maximum absolute atomic E-state index is 13.5. The van der Waals surface area contributed by atoms with E-state index in [0.29, 0.717) is 41.1 Å². The predicted molar refractivity (Wildman–Crippen MR) is 118 cm³/mol. The molecule has 0 radical (unpaired) electrons. The number of H-pyrrole nitrogens is 1. The highest BCUT2D eigenvalue weighted by Crippen LogP contribution is 2.33. The molecule has 6 nitrogen and oxygen atoms in total. The van der Waals surface area contributed by atoms with E-state index in [4.69, 9.17) is 25.8 Å². The molecular weight excluding hydrogens is 433 g/mol. The van der Waals surface area contributed by atoms with E-state index in [0.717, 1.165) is 23.1 Å². The van der Waals surface area contributed by atoms with E-state index in [1.165, 1.54) is 12.1 Å². The Hall–Kier alpha value is -3.00. The number of pyridine rings is 1. The zero-order valence-corrected chi connectivity index (χ0v) is 17.7. The molecule has 0 bridgehead atoms. The molecule has 1 N–H and O–H groups in total.